The molecule has 86 valence electrons. The van der Waals surface area contributed by atoms with Crippen LogP contribution in [0.4, 0.5) is 10.1 Å². The average molecular weight is 225 g/mol. The Labute approximate surface area is 92.4 Å². The highest BCUT2D eigenvalue weighted by molar-refractivity contribution is 6.09. The third kappa shape index (κ3) is 2.79. The predicted octanol–water partition coefficient (Wildman–Crippen LogP) is 1.56. The van der Waals surface area contributed by atoms with Crippen molar-refractivity contribution in [1.82, 2.24) is 0 Å². The molecule has 1 aromatic rings. The first-order chi connectivity index (χ1) is 7.56. The number of carbonyl (C=O) groups excluding carboxylic acids is 2. The molecule has 0 aliphatic heterocycles. The number of hydrogen-bond acceptors (Lipinski definition) is 3. The number of anilines is 1. The Morgan fingerprint density at radius 2 is 2.00 bits per heavy atom. The third-order valence-electron chi connectivity index (χ3n) is 1.95. The number of para-hydroxylation sites is 2. The highest BCUT2D eigenvalue weighted by atomic mass is 19.1. The molecule has 0 aliphatic rings. The van der Waals surface area contributed by atoms with Crippen molar-refractivity contribution in [1.29, 1.82) is 0 Å². The molecule has 0 heterocycles. The summed E-state index contributed by atoms with van der Waals surface area (Å²) in [6, 6.07) is 6.56. The lowest BCUT2D eigenvalue weighted by atomic mass is 10.2. The zero-order chi connectivity index (χ0) is 12.1. The molecule has 0 radical (unpaired) electrons. The van der Waals surface area contributed by atoms with Crippen LogP contribution in [0.15, 0.2) is 24.3 Å². The van der Waals surface area contributed by atoms with Gasteiger partial charge >= 0.3 is 0 Å². The molecule has 1 N–H and O–H groups in total. The van der Waals surface area contributed by atoms with E-state index in [0.29, 0.717) is 11.4 Å². The van der Waals surface area contributed by atoms with Gasteiger partial charge in [-0.1, -0.05) is 12.1 Å². The van der Waals surface area contributed by atoms with Gasteiger partial charge < -0.3 is 10.1 Å². The molecule has 0 spiro atoms. The Morgan fingerprint density at radius 1 is 1.38 bits per heavy atom. The van der Waals surface area contributed by atoms with Crippen LogP contribution < -0.4 is 10.1 Å². The Bertz CT molecular complexity index is 406. The highest BCUT2D eigenvalue weighted by Crippen LogP contribution is 2.23. The molecule has 0 saturated heterocycles. The second-order valence-electron chi connectivity index (χ2n) is 3.16. The maximum atomic E-state index is 13.0. The van der Waals surface area contributed by atoms with Crippen molar-refractivity contribution in [2.24, 2.45) is 0 Å². The molecule has 1 amide bonds. The zero-order valence-electron chi connectivity index (χ0n) is 8.99. The van der Waals surface area contributed by atoms with Crippen LogP contribution in [0.5, 0.6) is 5.75 Å². The van der Waals surface area contributed by atoms with Crippen LogP contribution in [0.25, 0.3) is 0 Å². The first kappa shape index (κ1) is 12.2. The van der Waals surface area contributed by atoms with Gasteiger partial charge in [0.2, 0.25) is 6.17 Å². The Hall–Kier alpha value is -1.91. The van der Waals surface area contributed by atoms with Gasteiger partial charge in [-0.2, -0.15) is 0 Å². The average Bonchev–Trinajstić information content (AvgIpc) is 2.28. The summed E-state index contributed by atoms with van der Waals surface area (Å²) >= 11 is 0. The number of halogens is 1. The number of amides is 1. The van der Waals surface area contributed by atoms with Crippen LogP contribution in [0, 0.1) is 0 Å². The lowest BCUT2D eigenvalue weighted by Gasteiger charge is -2.10. The molecule has 5 heteroatoms. The molecule has 0 aromatic heterocycles. The van der Waals surface area contributed by atoms with Gasteiger partial charge in [-0.05, 0) is 19.1 Å². The number of methoxy groups -OCH3 is 1. The number of alkyl halides is 1. The molecule has 1 atom stereocenters. The minimum Gasteiger partial charge on any atom is -0.495 e. The molecule has 0 fully saturated rings. The van der Waals surface area contributed by atoms with E-state index in [4.69, 9.17) is 4.74 Å². The Balaban J connectivity index is 2.80. The molecule has 0 unspecified atom stereocenters. The number of Topliss-reactive ketones (excluding diaryl/α,β-unsaturated/α-hetero) is 1. The van der Waals surface area contributed by atoms with Crippen molar-refractivity contribution in [3.8, 4) is 5.75 Å². The molecule has 4 nitrogen and oxygen atoms in total. The quantitative estimate of drug-likeness (QED) is 0.791. The lowest BCUT2D eigenvalue weighted by Crippen LogP contribution is -2.29. The van der Waals surface area contributed by atoms with Gasteiger partial charge in [-0.3, -0.25) is 9.59 Å². The maximum Gasteiger partial charge on any atom is 0.266 e. The summed E-state index contributed by atoms with van der Waals surface area (Å²) in [7, 11) is 1.43. The molecule has 1 aromatic carbocycles. The van der Waals surface area contributed by atoms with E-state index >= 15 is 0 Å². The van der Waals surface area contributed by atoms with E-state index < -0.39 is 17.9 Å². The van der Waals surface area contributed by atoms with Gasteiger partial charge in [-0.25, -0.2) is 4.39 Å². The summed E-state index contributed by atoms with van der Waals surface area (Å²) in [5.74, 6) is -1.41. The van der Waals surface area contributed by atoms with Crippen LogP contribution in [0.3, 0.4) is 0 Å². The van der Waals surface area contributed by atoms with Gasteiger partial charge in [0.15, 0.2) is 5.78 Å². The van der Waals surface area contributed by atoms with E-state index in [-0.39, 0.29) is 0 Å². The fourth-order valence-electron chi connectivity index (χ4n) is 1.13. The standard InChI is InChI=1S/C11H12FNO3/c1-7(14)10(12)11(15)13-8-5-3-4-6-9(8)16-2/h3-6,10H,1-2H3,(H,13,15)/t10-/m1/s1. The summed E-state index contributed by atoms with van der Waals surface area (Å²) in [5.41, 5.74) is 0.332. The molecule has 0 aliphatic carbocycles. The van der Waals surface area contributed by atoms with Crippen LogP contribution in [-0.4, -0.2) is 25.0 Å². The lowest BCUT2D eigenvalue weighted by molar-refractivity contribution is -0.131. The molecular formula is C11H12FNO3. The van der Waals surface area contributed by atoms with Crippen molar-refractivity contribution >= 4 is 17.4 Å². The number of ether oxygens (including phenoxy) is 1. The van der Waals surface area contributed by atoms with Crippen molar-refractivity contribution < 1.29 is 18.7 Å². The van der Waals surface area contributed by atoms with Crippen molar-refractivity contribution in [2.45, 2.75) is 13.1 Å². The third-order valence-corrected chi connectivity index (χ3v) is 1.95. The van der Waals surface area contributed by atoms with Crippen LogP contribution >= 0.6 is 0 Å². The summed E-state index contributed by atoms with van der Waals surface area (Å²) < 4.78 is 18.0. The molecule has 16 heavy (non-hydrogen) atoms. The number of ketones is 1. The summed E-state index contributed by atoms with van der Waals surface area (Å²) in [6.07, 6.45) is -2.15. The Morgan fingerprint density at radius 3 is 2.56 bits per heavy atom. The predicted molar refractivity (Wildman–Crippen MR) is 57.2 cm³/mol. The number of nitrogens with one attached hydrogen (secondary N) is 1. The SMILES string of the molecule is COc1ccccc1NC(=O)[C@H](F)C(C)=O. The van der Waals surface area contributed by atoms with Gasteiger partial charge in [0.1, 0.15) is 5.75 Å². The van der Waals surface area contributed by atoms with E-state index in [0.717, 1.165) is 6.92 Å². The first-order valence-corrected chi connectivity index (χ1v) is 4.64. The molecule has 0 saturated carbocycles. The van der Waals surface area contributed by atoms with Gasteiger partial charge in [-0.15, -0.1) is 0 Å². The van der Waals surface area contributed by atoms with Gasteiger partial charge in [0.25, 0.3) is 5.91 Å². The van der Waals surface area contributed by atoms with E-state index in [9.17, 15) is 14.0 Å². The van der Waals surface area contributed by atoms with E-state index in [1.54, 1.807) is 24.3 Å². The molecule has 1 rings (SSSR count). The van der Waals surface area contributed by atoms with E-state index in [2.05, 4.69) is 5.32 Å². The minimum absolute atomic E-state index is 0.332. The highest BCUT2D eigenvalue weighted by Gasteiger charge is 2.22. The fraction of sp³-hybridized carbons (Fsp3) is 0.273. The summed E-state index contributed by atoms with van der Waals surface area (Å²) in [6.45, 7) is 1.02. The second kappa shape index (κ2) is 5.25. The second-order valence-corrected chi connectivity index (χ2v) is 3.16. The smallest absolute Gasteiger partial charge is 0.266 e. The topological polar surface area (TPSA) is 55.4 Å². The van der Waals surface area contributed by atoms with E-state index in [1.807, 2.05) is 0 Å². The van der Waals surface area contributed by atoms with Crippen LogP contribution in [-0.2, 0) is 9.59 Å². The monoisotopic (exact) mass is 225 g/mol. The normalized spacial score (nSPS) is 11.7. The van der Waals surface area contributed by atoms with Crippen molar-refractivity contribution in [2.75, 3.05) is 12.4 Å². The van der Waals surface area contributed by atoms with Gasteiger partial charge in [0.05, 0.1) is 12.8 Å². The van der Waals surface area contributed by atoms with Gasteiger partial charge in [0, 0.05) is 0 Å². The zero-order valence-corrected chi connectivity index (χ0v) is 8.99. The summed E-state index contributed by atoms with van der Waals surface area (Å²) in [5, 5.41) is 2.28. The number of carbonyl (C=O) groups is 2. The minimum atomic E-state index is -2.15. The number of rotatable bonds is 4. The first-order valence-electron chi connectivity index (χ1n) is 4.64. The maximum absolute atomic E-state index is 13.0. The number of benzene rings is 1. The van der Waals surface area contributed by atoms with Crippen LogP contribution in [0.1, 0.15) is 6.92 Å². The Kier molecular flexibility index (Phi) is 3.99. The largest absolute Gasteiger partial charge is 0.495 e. The van der Waals surface area contributed by atoms with E-state index in [1.165, 1.54) is 7.11 Å². The summed E-state index contributed by atoms with van der Waals surface area (Å²) in [4.78, 5) is 21.9. The van der Waals surface area contributed by atoms with Crippen LogP contribution in [0.2, 0.25) is 0 Å². The molecule has 0 bridgehead atoms. The number of hydrogen-bond donors (Lipinski definition) is 1. The van der Waals surface area contributed by atoms with Crippen molar-refractivity contribution in [3.05, 3.63) is 24.3 Å². The molecular weight excluding hydrogens is 213 g/mol. The van der Waals surface area contributed by atoms with Crippen molar-refractivity contribution in [3.63, 3.8) is 0 Å². The fourth-order valence-corrected chi connectivity index (χ4v) is 1.13.